The molecule has 2 rings (SSSR count). The van der Waals surface area contributed by atoms with Crippen LogP contribution in [0.4, 0.5) is 0 Å². The third kappa shape index (κ3) is 2.87. The van der Waals surface area contributed by atoms with E-state index in [0.29, 0.717) is 11.3 Å². The minimum atomic E-state index is -0.946. The van der Waals surface area contributed by atoms with E-state index in [1.54, 1.807) is 13.0 Å². The number of allylic oxidation sites excluding steroid dienone is 2. The molecule has 0 unspecified atom stereocenters. The van der Waals surface area contributed by atoms with Crippen molar-refractivity contribution in [3.05, 3.63) is 41.5 Å². The molecule has 0 bridgehead atoms. The zero-order valence-electron chi connectivity index (χ0n) is 9.34. The van der Waals surface area contributed by atoms with E-state index in [0.717, 1.165) is 17.4 Å². The van der Waals surface area contributed by atoms with E-state index >= 15 is 0 Å². The van der Waals surface area contributed by atoms with E-state index < -0.39 is 5.97 Å². The van der Waals surface area contributed by atoms with E-state index in [2.05, 4.69) is 0 Å². The number of hydrogen-bond donors (Lipinski definition) is 1. The van der Waals surface area contributed by atoms with E-state index in [-0.39, 0.29) is 6.79 Å². The summed E-state index contributed by atoms with van der Waals surface area (Å²) >= 11 is 0. The number of carboxylic acids is 1. The van der Waals surface area contributed by atoms with Gasteiger partial charge in [-0.25, -0.2) is 4.79 Å². The van der Waals surface area contributed by atoms with Crippen molar-refractivity contribution in [3.63, 3.8) is 0 Å². The van der Waals surface area contributed by atoms with Crippen molar-refractivity contribution in [2.45, 2.75) is 6.92 Å². The lowest BCUT2D eigenvalue weighted by atomic mass is 10.1. The fourth-order valence-electron chi connectivity index (χ4n) is 1.49. The van der Waals surface area contributed by atoms with E-state index in [1.807, 2.05) is 24.3 Å². The van der Waals surface area contributed by atoms with Crippen LogP contribution in [0.15, 0.2) is 35.9 Å². The quantitative estimate of drug-likeness (QED) is 0.642. The maximum atomic E-state index is 10.4. The summed E-state index contributed by atoms with van der Waals surface area (Å²) in [5, 5.41) is 8.56. The van der Waals surface area contributed by atoms with Crippen molar-refractivity contribution in [2.75, 3.05) is 6.79 Å². The lowest BCUT2D eigenvalue weighted by Crippen LogP contribution is -1.92. The van der Waals surface area contributed by atoms with Gasteiger partial charge in [0.25, 0.3) is 0 Å². The number of rotatable bonds is 3. The van der Waals surface area contributed by atoms with Crippen molar-refractivity contribution in [3.8, 4) is 11.5 Å². The molecule has 0 atom stereocenters. The van der Waals surface area contributed by atoms with Gasteiger partial charge < -0.3 is 14.6 Å². The van der Waals surface area contributed by atoms with Gasteiger partial charge in [-0.1, -0.05) is 18.2 Å². The van der Waals surface area contributed by atoms with Crippen molar-refractivity contribution in [1.82, 2.24) is 0 Å². The van der Waals surface area contributed by atoms with Crippen molar-refractivity contribution >= 4 is 12.0 Å². The normalized spacial score (nSPS) is 14.3. The molecule has 1 heterocycles. The van der Waals surface area contributed by atoms with Gasteiger partial charge in [0.1, 0.15) is 0 Å². The molecule has 1 aromatic rings. The minimum absolute atomic E-state index is 0.250. The zero-order valence-corrected chi connectivity index (χ0v) is 9.34. The van der Waals surface area contributed by atoms with Gasteiger partial charge in [0.15, 0.2) is 11.5 Å². The largest absolute Gasteiger partial charge is 0.478 e. The molecular formula is C13H12O4. The zero-order chi connectivity index (χ0) is 12.3. The van der Waals surface area contributed by atoms with Crippen LogP contribution in [0.3, 0.4) is 0 Å². The molecule has 0 aliphatic carbocycles. The van der Waals surface area contributed by atoms with Crippen LogP contribution in [-0.2, 0) is 4.79 Å². The summed E-state index contributed by atoms with van der Waals surface area (Å²) in [4.78, 5) is 10.4. The second-order valence-electron chi connectivity index (χ2n) is 3.67. The first-order valence-corrected chi connectivity index (χ1v) is 5.14. The summed E-state index contributed by atoms with van der Waals surface area (Å²) in [6.45, 7) is 1.98. The van der Waals surface area contributed by atoms with Crippen LogP contribution in [-0.4, -0.2) is 17.9 Å². The van der Waals surface area contributed by atoms with Crippen LogP contribution in [0.1, 0.15) is 12.5 Å². The predicted octanol–water partition coefficient (Wildman–Crippen LogP) is 2.46. The molecule has 17 heavy (non-hydrogen) atoms. The third-order valence-electron chi connectivity index (χ3n) is 2.29. The average Bonchev–Trinajstić information content (AvgIpc) is 2.72. The maximum absolute atomic E-state index is 10.4. The molecule has 1 aliphatic rings. The van der Waals surface area contributed by atoms with Crippen LogP contribution in [0.25, 0.3) is 6.08 Å². The number of hydrogen-bond acceptors (Lipinski definition) is 3. The Kier molecular flexibility index (Phi) is 3.14. The predicted molar refractivity (Wildman–Crippen MR) is 63.0 cm³/mol. The Labute approximate surface area is 98.8 Å². The lowest BCUT2D eigenvalue weighted by Gasteiger charge is -1.97. The fourth-order valence-corrected chi connectivity index (χ4v) is 1.49. The molecule has 1 aliphatic heterocycles. The fraction of sp³-hybridized carbons (Fsp3) is 0.154. The minimum Gasteiger partial charge on any atom is -0.478 e. The molecule has 88 valence electrons. The molecule has 0 amide bonds. The molecule has 0 saturated carbocycles. The van der Waals surface area contributed by atoms with Crippen LogP contribution >= 0.6 is 0 Å². The third-order valence-corrected chi connectivity index (χ3v) is 2.29. The van der Waals surface area contributed by atoms with Crippen molar-refractivity contribution in [1.29, 1.82) is 0 Å². The Hall–Kier alpha value is -2.23. The summed E-state index contributed by atoms with van der Waals surface area (Å²) in [5.74, 6) is 0.504. The van der Waals surface area contributed by atoms with E-state index in [1.165, 1.54) is 0 Å². The first-order chi connectivity index (χ1) is 8.15. The molecule has 0 radical (unpaired) electrons. The number of benzene rings is 1. The number of carboxylic acid groups (broad SMARTS) is 1. The molecular weight excluding hydrogens is 220 g/mol. The standard InChI is InChI=1S/C13H12O4/c1-9(6-13(14)15)2-3-10-4-5-11-12(7-10)17-8-16-11/h2-7H,8H2,1H3,(H,14,15)/b3-2+,9-6+. The second kappa shape index (κ2) is 4.74. The van der Waals surface area contributed by atoms with E-state index in [9.17, 15) is 4.79 Å². The van der Waals surface area contributed by atoms with Crippen molar-refractivity contribution in [2.24, 2.45) is 0 Å². The smallest absolute Gasteiger partial charge is 0.328 e. The maximum Gasteiger partial charge on any atom is 0.328 e. The Bertz CT molecular complexity index is 500. The average molecular weight is 232 g/mol. The van der Waals surface area contributed by atoms with Gasteiger partial charge in [-0.3, -0.25) is 0 Å². The monoisotopic (exact) mass is 232 g/mol. The van der Waals surface area contributed by atoms with Crippen molar-refractivity contribution < 1.29 is 19.4 Å². The molecule has 0 fully saturated rings. The topological polar surface area (TPSA) is 55.8 Å². The van der Waals surface area contributed by atoms with Gasteiger partial charge >= 0.3 is 5.97 Å². The van der Waals surface area contributed by atoms with Crippen LogP contribution in [0, 0.1) is 0 Å². The summed E-state index contributed by atoms with van der Waals surface area (Å²) in [6.07, 6.45) is 4.73. The van der Waals surface area contributed by atoms with Crippen LogP contribution in [0.5, 0.6) is 11.5 Å². The number of ether oxygens (including phenoxy) is 2. The molecule has 4 heteroatoms. The highest BCUT2D eigenvalue weighted by atomic mass is 16.7. The van der Waals surface area contributed by atoms with Gasteiger partial charge in [-0.15, -0.1) is 0 Å². The highest BCUT2D eigenvalue weighted by molar-refractivity contribution is 5.81. The summed E-state index contributed by atoms with van der Waals surface area (Å²) in [7, 11) is 0. The van der Waals surface area contributed by atoms with Gasteiger partial charge in [0.05, 0.1) is 0 Å². The highest BCUT2D eigenvalue weighted by Crippen LogP contribution is 2.32. The lowest BCUT2D eigenvalue weighted by molar-refractivity contribution is -0.131. The number of carbonyl (C=O) groups is 1. The first kappa shape index (κ1) is 11.3. The van der Waals surface area contributed by atoms with Gasteiger partial charge in [0, 0.05) is 6.08 Å². The molecule has 1 aromatic carbocycles. The highest BCUT2D eigenvalue weighted by Gasteiger charge is 2.11. The molecule has 0 aromatic heterocycles. The van der Waals surface area contributed by atoms with E-state index in [4.69, 9.17) is 14.6 Å². The Morgan fingerprint density at radius 2 is 2.12 bits per heavy atom. The Balaban J connectivity index is 2.14. The number of aliphatic carboxylic acids is 1. The molecule has 0 spiro atoms. The summed E-state index contributed by atoms with van der Waals surface area (Å²) in [6, 6.07) is 5.57. The number of fused-ring (bicyclic) bond motifs is 1. The van der Waals surface area contributed by atoms with Crippen LogP contribution in [0.2, 0.25) is 0 Å². The second-order valence-corrected chi connectivity index (χ2v) is 3.67. The first-order valence-electron chi connectivity index (χ1n) is 5.14. The Morgan fingerprint density at radius 3 is 2.88 bits per heavy atom. The molecule has 4 nitrogen and oxygen atoms in total. The SMILES string of the molecule is CC(/C=C/c1ccc2c(c1)OCO2)=C\C(=O)O. The summed E-state index contributed by atoms with van der Waals surface area (Å²) in [5.41, 5.74) is 1.61. The van der Waals surface area contributed by atoms with Gasteiger partial charge in [0.2, 0.25) is 6.79 Å². The van der Waals surface area contributed by atoms with Crippen LogP contribution < -0.4 is 9.47 Å². The molecule has 1 N–H and O–H groups in total. The Morgan fingerprint density at radius 1 is 1.35 bits per heavy atom. The van der Waals surface area contributed by atoms with Gasteiger partial charge in [-0.2, -0.15) is 0 Å². The van der Waals surface area contributed by atoms with Gasteiger partial charge in [-0.05, 0) is 30.2 Å². The summed E-state index contributed by atoms with van der Waals surface area (Å²) < 4.78 is 10.4. The molecule has 0 saturated heterocycles.